The SMILES string of the molecule is C.CC(=O)c1cnc2ccc(-c3cc(Cl)c(O)c(Cl)c3)cc2c1Nc1ccc(CN(C)C)cc1. The molecular formula is C27H27Cl2N3O2. The number of benzene rings is 3. The van der Waals surface area contributed by atoms with Gasteiger partial charge >= 0.3 is 0 Å². The summed E-state index contributed by atoms with van der Waals surface area (Å²) in [4.78, 5) is 19.0. The van der Waals surface area contributed by atoms with Crippen LogP contribution in [-0.2, 0) is 6.54 Å². The summed E-state index contributed by atoms with van der Waals surface area (Å²) in [6.07, 6.45) is 1.60. The van der Waals surface area contributed by atoms with Gasteiger partial charge in [-0.25, -0.2) is 0 Å². The molecule has 0 saturated heterocycles. The van der Waals surface area contributed by atoms with Gasteiger partial charge in [-0.1, -0.05) is 48.8 Å². The Labute approximate surface area is 210 Å². The predicted octanol–water partition coefficient (Wildman–Crippen LogP) is 7.56. The van der Waals surface area contributed by atoms with Crippen molar-refractivity contribution in [2.24, 2.45) is 0 Å². The maximum Gasteiger partial charge on any atom is 0.163 e. The molecule has 5 nitrogen and oxygen atoms in total. The molecule has 1 heterocycles. The number of phenols is 1. The molecule has 0 saturated carbocycles. The minimum Gasteiger partial charge on any atom is -0.505 e. The molecule has 7 heteroatoms. The smallest absolute Gasteiger partial charge is 0.163 e. The van der Waals surface area contributed by atoms with Crippen LogP contribution in [0.2, 0.25) is 10.0 Å². The monoisotopic (exact) mass is 495 g/mol. The standard InChI is InChI=1S/C26H23Cl2N3O2.CH4/c1-15(32)21-13-29-24-9-6-17(18-11-22(27)26(33)23(28)12-18)10-20(24)25(21)30-19-7-4-16(5-8-19)14-31(2)3;/h4-13,33H,14H2,1-3H3,(H,29,30);1H4. The molecule has 0 spiro atoms. The van der Waals surface area contributed by atoms with E-state index >= 15 is 0 Å². The van der Waals surface area contributed by atoms with Crippen molar-refractivity contribution in [2.75, 3.05) is 19.4 Å². The molecule has 0 radical (unpaired) electrons. The van der Waals surface area contributed by atoms with Crippen molar-refractivity contribution in [1.82, 2.24) is 9.88 Å². The van der Waals surface area contributed by atoms with Gasteiger partial charge in [0.25, 0.3) is 0 Å². The summed E-state index contributed by atoms with van der Waals surface area (Å²) in [6.45, 7) is 2.37. The Kier molecular flexibility index (Phi) is 7.82. The highest BCUT2D eigenvalue weighted by Gasteiger charge is 2.15. The van der Waals surface area contributed by atoms with E-state index in [-0.39, 0.29) is 29.0 Å². The molecule has 0 atom stereocenters. The van der Waals surface area contributed by atoms with E-state index in [9.17, 15) is 9.90 Å². The molecule has 0 amide bonds. The topological polar surface area (TPSA) is 65.5 Å². The Hall–Kier alpha value is -3.12. The van der Waals surface area contributed by atoms with Gasteiger partial charge in [-0.15, -0.1) is 0 Å². The van der Waals surface area contributed by atoms with E-state index in [2.05, 4.69) is 27.3 Å². The van der Waals surface area contributed by atoms with Gasteiger partial charge in [0, 0.05) is 23.8 Å². The molecule has 3 aromatic carbocycles. The van der Waals surface area contributed by atoms with Crippen molar-refractivity contribution >= 4 is 51.3 Å². The van der Waals surface area contributed by atoms with Gasteiger partial charge in [-0.2, -0.15) is 0 Å². The van der Waals surface area contributed by atoms with Crippen LogP contribution >= 0.6 is 23.2 Å². The number of Topliss-reactive ketones (excluding diaryl/α,β-unsaturated/α-hetero) is 1. The molecule has 4 aromatic rings. The minimum absolute atomic E-state index is 0. The van der Waals surface area contributed by atoms with Crippen molar-refractivity contribution < 1.29 is 9.90 Å². The maximum absolute atomic E-state index is 12.4. The molecule has 0 fully saturated rings. The predicted molar refractivity (Wildman–Crippen MR) is 143 cm³/mol. The van der Waals surface area contributed by atoms with E-state index in [1.807, 2.05) is 44.4 Å². The number of carbonyl (C=O) groups excluding carboxylic acids is 1. The lowest BCUT2D eigenvalue weighted by Gasteiger charge is -2.16. The second-order valence-electron chi connectivity index (χ2n) is 8.18. The number of hydrogen-bond donors (Lipinski definition) is 2. The van der Waals surface area contributed by atoms with Crippen molar-refractivity contribution in [1.29, 1.82) is 0 Å². The Morgan fingerprint density at radius 1 is 1.00 bits per heavy atom. The molecule has 0 bridgehead atoms. The molecule has 2 N–H and O–H groups in total. The van der Waals surface area contributed by atoms with E-state index in [0.29, 0.717) is 11.3 Å². The average Bonchev–Trinajstić information content (AvgIpc) is 2.77. The van der Waals surface area contributed by atoms with Crippen LogP contribution in [-0.4, -0.2) is 34.9 Å². The summed E-state index contributed by atoms with van der Waals surface area (Å²) in [5, 5.41) is 14.5. The molecule has 34 heavy (non-hydrogen) atoms. The Bertz CT molecular complexity index is 1330. The van der Waals surface area contributed by atoms with E-state index in [1.165, 1.54) is 12.5 Å². The number of carbonyl (C=O) groups is 1. The lowest BCUT2D eigenvalue weighted by atomic mass is 10.00. The third-order valence-corrected chi connectivity index (χ3v) is 5.90. The number of fused-ring (bicyclic) bond motifs is 1. The number of pyridine rings is 1. The van der Waals surface area contributed by atoms with Gasteiger partial charge < -0.3 is 15.3 Å². The first kappa shape index (κ1) is 25.5. The zero-order chi connectivity index (χ0) is 23.7. The highest BCUT2D eigenvalue weighted by atomic mass is 35.5. The summed E-state index contributed by atoms with van der Waals surface area (Å²) in [6, 6.07) is 17.2. The second kappa shape index (κ2) is 10.4. The molecular weight excluding hydrogens is 469 g/mol. The van der Waals surface area contributed by atoms with Gasteiger partial charge in [0.05, 0.1) is 26.8 Å². The Morgan fingerprint density at radius 2 is 1.65 bits per heavy atom. The van der Waals surface area contributed by atoms with Crippen LogP contribution in [0, 0.1) is 0 Å². The summed E-state index contributed by atoms with van der Waals surface area (Å²) in [5.41, 5.74) is 5.57. The number of nitrogens with zero attached hydrogens (tertiary/aromatic N) is 2. The van der Waals surface area contributed by atoms with Crippen LogP contribution < -0.4 is 5.32 Å². The average molecular weight is 496 g/mol. The van der Waals surface area contributed by atoms with Crippen LogP contribution in [0.1, 0.15) is 30.3 Å². The first-order chi connectivity index (χ1) is 15.7. The van der Waals surface area contributed by atoms with Crippen LogP contribution in [0.5, 0.6) is 5.75 Å². The number of aromatic hydroxyl groups is 1. The maximum atomic E-state index is 12.4. The molecule has 1 aromatic heterocycles. The van der Waals surface area contributed by atoms with Gasteiger partial charge in [-0.3, -0.25) is 9.78 Å². The first-order valence-electron chi connectivity index (χ1n) is 10.4. The van der Waals surface area contributed by atoms with Crippen molar-refractivity contribution in [3.8, 4) is 16.9 Å². The fourth-order valence-electron chi connectivity index (χ4n) is 3.71. The number of hydrogen-bond acceptors (Lipinski definition) is 5. The van der Waals surface area contributed by atoms with Crippen LogP contribution in [0.3, 0.4) is 0 Å². The van der Waals surface area contributed by atoms with E-state index in [1.54, 1.807) is 18.3 Å². The summed E-state index contributed by atoms with van der Waals surface area (Å²) >= 11 is 12.3. The van der Waals surface area contributed by atoms with Crippen molar-refractivity contribution in [3.05, 3.63) is 82.0 Å². The van der Waals surface area contributed by atoms with Crippen LogP contribution in [0.4, 0.5) is 11.4 Å². The highest BCUT2D eigenvalue weighted by molar-refractivity contribution is 6.37. The highest BCUT2D eigenvalue weighted by Crippen LogP contribution is 2.38. The number of rotatable bonds is 6. The molecule has 0 aliphatic heterocycles. The van der Waals surface area contributed by atoms with Crippen LogP contribution in [0.25, 0.3) is 22.0 Å². The van der Waals surface area contributed by atoms with E-state index < -0.39 is 0 Å². The van der Waals surface area contributed by atoms with Gasteiger partial charge in [0.1, 0.15) is 0 Å². The number of phenolic OH excluding ortho intramolecular Hbond substituents is 1. The lowest BCUT2D eigenvalue weighted by molar-refractivity contribution is 0.101. The third kappa shape index (κ3) is 5.33. The zero-order valence-corrected chi connectivity index (χ0v) is 20.0. The van der Waals surface area contributed by atoms with E-state index in [4.69, 9.17) is 23.2 Å². The number of halogens is 2. The number of ketones is 1. The van der Waals surface area contributed by atoms with Crippen LogP contribution in [0.15, 0.2) is 60.8 Å². The number of anilines is 2. The second-order valence-corrected chi connectivity index (χ2v) is 9.00. The molecule has 176 valence electrons. The fourth-order valence-corrected chi connectivity index (χ4v) is 4.20. The largest absolute Gasteiger partial charge is 0.505 e. The minimum atomic E-state index is -0.150. The third-order valence-electron chi connectivity index (χ3n) is 5.32. The van der Waals surface area contributed by atoms with Gasteiger partial charge in [0.15, 0.2) is 11.5 Å². The summed E-state index contributed by atoms with van der Waals surface area (Å²) < 4.78 is 0. The normalized spacial score (nSPS) is 10.9. The fraction of sp³-hybridized carbons (Fsp3) is 0.185. The quantitative estimate of drug-likeness (QED) is 0.270. The first-order valence-corrected chi connectivity index (χ1v) is 11.1. The molecule has 0 aliphatic carbocycles. The lowest BCUT2D eigenvalue weighted by Crippen LogP contribution is -2.10. The van der Waals surface area contributed by atoms with Crippen molar-refractivity contribution in [3.63, 3.8) is 0 Å². The van der Waals surface area contributed by atoms with Gasteiger partial charge in [-0.05, 0) is 74.1 Å². The zero-order valence-electron chi connectivity index (χ0n) is 18.5. The molecule has 0 unspecified atom stereocenters. The molecule has 0 aliphatic rings. The molecule has 4 rings (SSSR count). The van der Waals surface area contributed by atoms with Gasteiger partial charge in [0.2, 0.25) is 0 Å². The Balaban J connectivity index is 0.00000324. The Morgan fingerprint density at radius 3 is 2.24 bits per heavy atom. The number of aromatic nitrogens is 1. The summed E-state index contributed by atoms with van der Waals surface area (Å²) in [5.74, 6) is -0.235. The van der Waals surface area contributed by atoms with E-state index in [0.717, 1.165) is 34.3 Å². The summed E-state index contributed by atoms with van der Waals surface area (Å²) in [7, 11) is 4.06. The number of nitrogens with one attached hydrogen (secondary N) is 1. The van der Waals surface area contributed by atoms with Crippen molar-refractivity contribution in [2.45, 2.75) is 20.9 Å².